The van der Waals surface area contributed by atoms with E-state index in [-0.39, 0.29) is 17.6 Å². The molecule has 0 saturated heterocycles. The van der Waals surface area contributed by atoms with Crippen LogP contribution in [0, 0.1) is 11.6 Å². The molecule has 0 bridgehead atoms. The highest BCUT2D eigenvalue weighted by molar-refractivity contribution is 5.85. The molecule has 1 heterocycles. The fraction of sp³-hybridized carbons (Fsp3) is 0.143. The van der Waals surface area contributed by atoms with E-state index in [1.54, 1.807) is 28.8 Å². The Morgan fingerprint density at radius 3 is 2.00 bits per heavy atom. The molecule has 0 aliphatic carbocycles. The largest absolute Gasteiger partial charge is 0.478 e. The fourth-order valence-electron chi connectivity index (χ4n) is 2.84. The smallest absolute Gasteiger partial charge is 0.329 e. The lowest BCUT2D eigenvalue weighted by atomic mass is 10.0. The Hall–Kier alpha value is -3.28. The summed E-state index contributed by atoms with van der Waals surface area (Å²) in [5.41, 5.74) is 2.54. The zero-order valence-corrected chi connectivity index (χ0v) is 14.9. The number of aromatic nitrogens is 2. The number of rotatable bonds is 5. The summed E-state index contributed by atoms with van der Waals surface area (Å²) in [6, 6.07) is 11.8. The molecule has 27 heavy (non-hydrogen) atoms. The van der Waals surface area contributed by atoms with Crippen LogP contribution in [0.1, 0.15) is 25.6 Å². The molecule has 1 aromatic heterocycles. The lowest BCUT2D eigenvalue weighted by Gasteiger charge is -2.10. The molecule has 0 unspecified atom stereocenters. The minimum atomic E-state index is -1.09. The van der Waals surface area contributed by atoms with Crippen LogP contribution in [0.2, 0.25) is 0 Å². The molecule has 0 atom stereocenters. The number of benzene rings is 2. The average molecular weight is 368 g/mol. The van der Waals surface area contributed by atoms with E-state index in [0.717, 1.165) is 6.08 Å². The third kappa shape index (κ3) is 3.95. The molecule has 0 amide bonds. The maximum absolute atomic E-state index is 13.4. The quantitative estimate of drug-likeness (QED) is 0.632. The van der Waals surface area contributed by atoms with Crippen LogP contribution in [0.3, 0.4) is 0 Å². The predicted molar refractivity (Wildman–Crippen MR) is 100 cm³/mol. The van der Waals surface area contributed by atoms with Crippen molar-refractivity contribution in [1.29, 1.82) is 0 Å². The minimum Gasteiger partial charge on any atom is -0.478 e. The number of imidazole rings is 1. The van der Waals surface area contributed by atoms with Crippen molar-refractivity contribution in [1.82, 2.24) is 9.55 Å². The van der Waals surface area contributed by atoms with Crippen molar-refractivity contribution >= 4 is 12.2 Å². The van der Waals surface area contributed by atoms with E-state index < -0.39 is 5.97 Å². The summed E-state index contributed by atoms with van der Waals surface area (Å²) in [5.74, 6) is -1.19. The van der Waals surface area contributed by atoms with Gasteiger partial charge in [-0.2, -0.15) is 0 Å². The van der Waals surface area contributed by atoms with Crippen LogP contribution in [0.4, 0.5) is 8.78 Å². The molecule has 4 nitrogen and oxygen atoms in total. The van der Waals surface area contributed by atoms with Gasteiger partial charge in [-0.3, -0.25) is 0 Å². The molecule has 2 aromatic carbocycles. The molecule has 138 valence electrons. The second-order valence-corrected chi connectivity index (χ2v) is 6.36. The summed E-state index contributed by atoms with van der Waals surface area (Å²) in [6.07, 6.45) is 2.45. The second-order valence-electron chi connectivity index (χ2n) is 6.36. The summed E-state index contributed by atoms with van der Waals surface area (Å²) in [7, 11) is 0. The van der Waals surface area contributed by atoms with E-state index in [9.17, 15) is 13.6 Å². The highest BCUT2D eigenvalue weighted by Crippen LogP contribution is 2.35. The first-order chi connectivity index (χ1) is 12.9. The van der Waals surface area contributed by atoms with Gasteiger partial charge in [-0.1, -0.05) is 13.8 Å². The molecular weight excluding hydrogens is 350 g/mol. The summed E-state index contributed by atoms with van der Waals surface area (Å²) >= 11 is 0. The highest BCUT2D eigenvalue weighted by atomic mass is 19.1. The van der Waals surface area contributed by atoms with Crippen LogP contribution >= 0.6 is 0 Å². The Morgan fingerprint density at radius 2 is 1.52 bits per heavy atom. The van der Waals surface area contributed by atoms with Crippen molar-refractivity contribution < 1.29 is 18.7 Å². The molecule has 0 fully saturated rings. The van der Waals surface area contributed by atoms with Gasteiger partial charge in [-0.15, -0.1) is 0 Å². The van der Waals surface area contributed by atoms with Gasteiger partial charge in [-0.25, -0.2) is 18.6 Å². The molecule has 0 radical (unpaired) electrons. The number of carbonyl (C=O) groups is 1. The van der Waals surface area contributed by atoms with Crippen molar-refractivity contribution in [3.05, 3.63) is 72.1 Å². The van der Waals surface area contributed by atoms with Gasteiger partial charge in [0, 0.05) is 29.3 Å². The van der Waals surface area contributed by atoms with Crippen LogP contribution in [-0.2, 0) is 4.79 Å². The van der Waals surface area contributed by atoms with Crippen LogP contribution < -0.4 is 0 Å². The zero-order valence-electron chi connectivity index (χ0n) is 14.9. The van der Waals surface area contributed by atoms with Crippen molar-refractivity contribution in [2.24, 2.45) is 0 Å². The van der Waals surface area contributed by atoms with E-state index in [1.165, 1.54) is 30.5 Å². The lowest BCUT2D eigenvalue weighted by Crippen LogP contribution is -2.01. The van der Waals surface area contributed by atoms with Crippen molar-refractivity contribution in [2.45, 2.75) is 19.8 Å². The van der Waals surface area contributed by atoms with Crippen molar-refractivity contribution in [3.8, 4) is 22.5 Å². The third-order valence-electron chi connectivity index (χ3n) is 4.06. The molecule has 3 aromatic rings. The van der Waals surface area contributed by atoms with E-state index in [1.807, 2.05) is 13.8 Å². The Bertz CT molecular complexity index is 988. The van der Waals surface area contributed by atoms with E-state index in [4.69, 9.17) is 5.11 Å². The molecule has 0 spiro atoms. The SMILES string of the molecule is CC(C)c1nc(-c2ccc(F)cc2)c(-c2ccc(F)cc2)n1/C=C/C(=O)O. The van der Waals surface area contributed by atoms with Gasteiger partial charge < -0.3 is 9.67 Å². The summed E-state index contributed by atoms with van der Waals surface area (Å²) in [5, 5.41) is 9.04. The Morgan fingerprint density at radius 1 is 1.00 bits per heavy atom. The van der Waals surface area contributed by atoms with Crippen LogP contribution in [0.15, 0.2) is 54.6 Å². The Labute approximate surface area is 155 Å². The molecule has 1 N–H and O–H groups in total. The standard InChI is InChI=1S/C21H18F2N2O2/c1-13(2)21-24-19(14-3-7-16(22)8-4-14)20(25(21)12-11-18(26)27)15-5-9-17(23)10-6-15/h3-13H,1-2H3,(H,26,27)/b12-11+. The maximum atomic E-state index is 13.4. The number of hydrogen-bond donors (Lipinski definition) is 1. The van der Waals surface area contributed by atoms with Gasteiger partial charge >= 0.3 is 5.97 Å². The number of hydrogen-bond acceptors (Lipinski definition) is 2. The van der Waals surface area contributed by atoms with Crippen LogP contribution in [-0.4, -0.2) is 20.6 Å². The highest BCUT2D eigenvalue weighted by Gasteiger charge is 2.21. The Kier molecular flexibility index (Phi) is 5.16. The molecule has 6 heteroatoms. The average Bonchev–Trinajstić information content (AvgIpc) is 3.01. The molecule has 0 saturated carbocycles. The summed E-state index contributed by atoms with van der Waals surface area (Å²) in [6.45, 7) is 3.88. The minimum absolute atomic E-state index is 0.00292. The maximum Gasteiger partial charge on any atom is 0.329 e. The first kappa shape index (κ1) is 18.5. The van der Waals surface area contributed by atoms with E-state index in [2.05, 4.69) is 4.98 Å². The summed E-state index contributed by atoms with van der Waals surface area (Å²) in [4.78, 5) is 15.7. The number of carboxylic acid groups (broad SMARTS) is 1. The fourth-order valence-corrected chi connectivity index (χ4v) is 2.84. The summed E-state index contributed by atoms with van der Waals surface area (Å²) < 4.78 is 28.4. The predicted octanol–water partition coefficient (Wildman–Crippen LogP) is 5.17. The number of halogens is 2. The van der Waals surface area contributed by atoms with Crippen LogP contribution in [0.25, 0.3) is 28.7 Å². The number of aliphatic carboxylic acids is 1. The first-order valence-electron chi connectivity index (χ1n) is 8.42. The first-order valence-corrected chi connectivity index (χ1v) is 8.42. The van der Waals surface area contributed by atoms with Gasteiger partial charge in [0.15, 0.2) is 0 Å². The van der Waals surface area contributed by atoms with Gasteiger partial charge in [-0.05, 0) is 48.5 Å². The molecule has 0 aliphatic rings. The van der Waals surface area contributed by atoms with Gasteiger partial charge in [0.05, 0.1) is 11.4 Å². The van der Waals surface area contributed by atoms with Gasteiger partial charge in [0.2, 0.25) is 0 Å². The van der Waals surface area contributed by atoms with Crippen LogP contribution in [0.5, 0.6) is 0 Å². The normalized spacial score (nSPS) is 11.4. The molecule has 3 rings (SSSR count). The molecular formula is C21H18F2N2O2. The third-order valence-corrected chi connectivity index (χ3v) is 4.06. The van der Waals surface area contributed by atoms with Gasteiger partial charge in [0.25, 0.3) is 0 Å². The second kappa shape index (κ2) is 7.53. The van der Waals surface area contributed by atoms with Crippen molar-refractivity contribution in [2.75, 3.05) is 0 Å². The van der Waals surface area contributed by atoms with E-state index in [0.29, 0.717) is 28.3 Å². The lowest BCUT2D eigenvalue weighted by molar-refractivity contribution is -0.131. The topological polar surface area (TPSA) is 55.1 Å². The number of nitrogens with zero attached hydrogens (tertiary/aromatic N) is 2. The van der Waals surface area contributed by atoms with E-state index >= 15 is 0 Å². The monoisotopic (exact) mass is 368 g/mol. The van der Waals surface area contributed by atoms with Crippen molar-refractivity contribution in [3.63, 3.8) is 0 Å². The Balaban J connectivity index is 2.31. The van der Waals surface area contributed by atoms with Gasteiger partial charge in [0.1, 0.15) is 17.5 Å². The molecule has 0 aliphatic heterocycles. The number of carboxylic acids is 1. The zero-order chi connectivity index (χ0) is 19.6.